The van der Waals surface area contributed by atoms with Crippen molar-refractivity contribution in [2.75, 3.05) is 13.1 Å². The molecule has 0 saturated carbocycles. The van der Waals surface area contributed by atoms with Gasteiger partial charge in [-0.2, -0.15) is 0 Å². The van der Waals surface area contributed by atoms with Gasteiger partial charge in [-0.3, -0.25) is 9.36 Å². The number of likely N-dealkylation sites (tertiary alicyclic amines) is 1. The van der Waals surface area contributed by atoms with Crippen molar-refractivity contribution < 1.29 is 9.21 Å². The van der Waals surface area contributed by atoms with Crippen LogP contribution < -0.4 is 0 Å². The number of hydrogen-bond acceptors (Lipinski definition) is 7. The second kappa shape index (κ2) is 10.1. The smallest absolute Gasteiger partial charge is 0.273 e. The van der Waals surface area contributed by atoms with E-state index in [2.05, 4.69) is 22.1 Å². The van der Waals surface area contributed by atoms with Gasteiger partial charge in [0.25, 0.3) is 5.91 Å². The number of amides is 1. The summed E-state index contributed by atoms with van der Waals surface area (Å²) in [5.74, 6) is 2.37. The van der Waals surface area contributed by atoms with Gasteiger partial charge in [0.2, 0.25) is 5.82 Å². The van der Waals surface area contributed by atoms with Gasteiger partial charge in [0.15, 0.2) is 10.9 Å². The molecule has 1 saturated heterocycles. The number of thiazole rings is 1. The van der Waals surface area contributed by atoms with Crippen molar-refractivity contribution in [1.29, 1.82) is 0 Å². The van der Waals surface area contributed by atoms with E-state index in [4.69, 9.17) is 27.6 Å². The van der Waals surface area contributed by atoms with E-state index in [1.54, 1.807) is 24.5 Å². The molecule has 0 aliphatic carbocycles. The third-order valence-electron chi connectivity index (χ3n) is 5.70. The Morgan fingerprint density at radius 1 is 1.21 bits per heavy atom. The van der Waals surface area contributed by atoms with E-state index >= 15 is 0 Å². The lowest BCUT2D eigenvalue weighted by atomic mass is 9.99. The number of furan rings is 1. The van der Waals surface area contributed by atoms with Crippen LogP contribution in [0, 0.1) is 5.92 Å². The number of carbonyl (C=O) groups is 1. The van der Waals surface area contributed by atoms with Gasteiger partial charge in [-0.25, -0.2) is 4.98 Å². The van der Waals surface area contributed by atoms with Gasteiger partial charge < -0.3 is 9.32 Å². The molecule has 11 heteroatoms. The largest absolute Gasteiger partial charge is 0.461 e. The molecular weight excluding hydrogens is 513 g/mol. The summed E-state index contributed by atoms with van der Waals surface area (Å²) in [6.07, 6.45) is 3.68. The Kier molecular flexibility index (Phi) is 6.96. The van der Waals surface area contributed by atoms with Crippen molar-refractivity contribution >= 4 is 52.2 Å². The SMILES string of the molecule is CC1CCN(C(=O)c2csc(CSc3nnc(-c4ccco4)n3-c3ccc(Cl)c(Cl)c3)n2)CC1. The molecule has 0 spiro atoms. The Morgan fingerprint density at radius 2 is 2.03 bits per heavy atom. The van der Waals surface area contributed by atoms with Crippen LogP contribution in [0.15, 0.2) is 51.5 Å². The quantitative estimate of drug-likeness (QED) is 0.265. The number of hydrogen-bond donors (Lipinski definition) is 0. The number of piperidine rings is 1. The van der Waals surface area contributed by atoms with E-state index < -0.39 is 0 Å². The monoisotopic (exact) mass is 533 g/mol. The Labute approximate surface area is 215 Å². The molecule has 1 fully saturated rings. The number of nitrogens with zero attached hydrogens (tertiary/aromatic N) is 5. The molecule has 0 N–H and O–H groups in total. The molecule has 3 aromatic heterocycles. The number of halogens is 2. The highest BCUT2D eigenvalue weighted by Gasteiger charge is 2.24. The number of thioether (sulfide) groups is 1. The second-order valence-corrected chi connectivity index (χ2v) is 10.8. The van der Waals surface area contributed by atoms with E-state index in [-0.39, 0.29) is 5.91 Å². The van der Waals surface area contributed by atoms with Crippen LogP contribution >= 0.6 is 46.3 Å². The summed E-state index contributed by atoms with van der Waals surface area (Å²) in [5.41, 5.74) is 1.28. The van der Waals surface area contributed by atoms with E-state index in [1.807, 2.05) is 27.0 Å². The number of rotatable bonds is 6. The molecule has 4 aromatic rings. The van der Waals surface area contributed by atoms with Crippen molar-refractivity contribution in [3.8, 4) is 17.3 Å². The molecular formula is C23H21Cl2N5O2S2. The maximum Gasteiger partial charge on any atom is 0.273 e. The van der Waals surface area contributed by atoms with E-state index in [0.29, 0.717) is 44.2 Å². The highest BCUT2D eigenvalue weighted by molar-refractivity contribution is 7.98. The average Bonchev–Trinajstić information content (AvgIpc) is 3.60. The van der Waals surface area contributed by atoms with Crippen LogP contribution in [0.25, 0.3) is 17.3 Å². The number of carbonyl (C=O) groups excluding carboxylic acids is 1. The van der Waals surface area contributed by atoms with Crippen LogP contribution in [-0.4, -0.2) is 43.6 Å². The molecule has 5 rings (SSSR count). The Hall–Kier alpha value is -2.33. The molecule has 1 aliphatic heterocycles. The molecule has 176 valence electrons. The van der Waals surface area contributed by atoms with Gasteiger partial charge in [0, 0.05) is 18.5 Å². The predicted octanol–water partition coefficient (Wildman–Crippen LogP) is 6.46. The number of benzene rings is 1. The highest BCUT2D eigenvalue weighted by Crippen LogP contribution is 2.33. The minimum absolute atomic E-state index is 0.0125. The molecule has 0 unspecified atom stereocenters. The average molecular weight is 534 g/mol. The molecule has 0 atom stereocenters. The van der Waals surface area contributed by atoms with Crippen molar-refractivity contribution in [2.24, 2.45) is 5.92 Å². The topological polar surface area (TPSA) is 77.0 Å². The fourth-order valence-corrected chi connectivity index (χ4v) is 5.79. The summed E-state index contributed by atoms with van der Waals surface area (Å²) in [7, 11) is 0. The molecule has 0 radical (unpaired) electrons. The summed E-state index contributed by atoms with van der Waals surface area (Å²) in [6, 6.07) is 8.98. The van der Waals surface area contributed by atoms with Gasteiger partial charge in [-0.15, -0.1) is 21.5 Å². The summed E-state index contributed by atoms with van der Waals surface area (Å²) in [4.78, 5) is 19.3. The molecule has 1 amide bonds. The van der Waals surface area contributed by atoms with Crippen molar-refractivity contribution in [3.63, 3.8) is 0 Å². The lowest BCUT2D eigenvalue weighted by Gasteiger charge is -2.29. The normalized spacial score (nSPS) is 14.6. The lowest BCUT2D eigenvalue weighted by molar-refractivity contribution is 0.0692. The Morgan fingerprint density at radius 3 is 2.76 bits per heavy atom. The highest BCUT2D eigenvalue weighted by atomic mass is 35.5. The van der Waals surface area contributed by atoms with Crippen LogP contribution in [0.5, 0.6) is 0 Å². The zero-order chi connectivity index (χ0) is 23.7. The first-order chi connectivity index (χ1) is 16.5. The zero-order valence-corrected chi connectivity index (χ0v) is 21.4. The van der Waals surface area contributed by atoms with Gasteiger partial charge in [0.1, 0.15) is 10.7 Å². The van der Waals surface area contributed by atoms with Gasteiger partial charge >= 0.3 is 0 Å². The molecule has 7 nitrogen and oxygen atoms in total. The Balaban J connectivity index is 1.36. The fourth-order valence-electron chi connectivity index (χ4n) is 3.76. The van der Waals surface area contributed by atoms with Gasteiger partial charge in [-0.05, 0) is 49.1 Å². The predicted molar refractivity (Wildman–Crippen MR) is 135 cm³/mol. The third kappa shape index (κ3) is 4.88. The molecule has 34 heavy (non-hydrogen) atoms. The molecule has 1 aliphatic rings. The van der Waals surface area contributed by atoms with E-state index in [1.165, 1.54) is 23.1 Å². The van der Waals surface area contributed by atoms with Crippen LogP contribution in [0.3, 0.4) is 0 Å². The van der Waals surface area contributed by atoms with Gasteiger partial charge in [0.05, 0.1) is 27.7 Å². The summed E-state index contributed by atoms with van der Waals surface area (Å²) in [5, 5.41) is 13.0. The maximum atomic E-state index is 12.8. The standard InChI is InChI=1S/C23H21Cl2N5O2S2/c1-14-6-8-29(9-7-14)22(31)18-12-33-20(26-18)13-34-23-28-27-21(19-3-2-10-32-19)30(23)15-4-5-16(24)17(25)11-15/h2-5,10-12,14H,6-9,13H2,1H3. The summed E-state index contributed by atoms with van der Waals surface area (Å²) < 4.78 is 7.44. The van der Waals surface area contributed by atoms with Crippen LogP contribution in [0.1, 0.15) is 35.3 Å². The van der Waals surface area contributed by atoms with E-state index in [0.717, 1.165) is 36.6 Å². The molecule has 4 heterocycles. The first kappa shape index (κ1) is 23.4. The number of aromatic nitrogens is 4. The Bertz CT molecular complexity index is 1300. The maximum absolute atomic E-state index is 12.8. The van der Waals surface area contributed by atoms with Crippen molar-refractivity contribution in [1.82, 2.24) is 24.6 Å². The molecule has 1 aromatic carbocycles. The van der Waals surface area contributed by atoms with Crippen molar-refractivity contribution in [2.45, 2.75) is 30.7 Å². The summed E-state index contributed by atoms with van der Waals surface area (Å²) >= 11 is 15.4. The first-order valence-corrected chi connectivity index (χ1v) is 13.4. The zero-order valence-electron chi connectivity index (χ0n) is 18.3. The van der Waals surface area contributed by atoms with Crippen molar-refractivity contribution in [3.05, 3.63) is 62.7 Å². The minimum Gasteiger partial charge on any atom is -0.461 e. The second-order valence-electron chi connectivity index (χ2n) is 8.11. The summed E-state index contributed by atoms with van der Waals surface area (Å²) in [6.45, 7) is 3.82. The first-order valence-electron chi connectivity index (χ1n) is 10.8. The van der Waals surface area contributed by atoms with Crippen LogP contribution in [0.4, 0.5) is 0 Å². The van der Waals surface area contributed by atoms with Crippen LogP contribution in [0.2, 0.25) is 10.0 Å². The fraction of sp³-hybridized carbons (Fsp3) is 0.304. The minimum atomic E-state index is 0.0125. The lowest BCUT2D eigenvalue weighted by Crippen LogP contribution is -2.38. The van der Waals surface area contributed by atoms with Gasteiger partial charge in [-0.1, -0.05) is 41.9 Å². The molecule has 0 bridgehead atoms. The van der Waals surface area contributed by atoms with E-state index in [9.17, 15) is 4.79 Å². The van der Waals surface area contributed by atoms with Crippen LogP contribution in [-0.2, 0) is 5.75 Å². The third-order valence-corrected chi connectivity index (χ3v) is 8.41.